The first-order valence-corrected chi connectivity index (χ1v) is 8.37. The first-order valence-electron chi connectivity index (χ1n) is 8.37. The monoisotopic (exact) mass is 377 g/mol. The fourth-order valence-corrected chi connectivity index (χ4v) is 2.74. The highest BCUT2D eigenvalue weighted by Gasteiger charge is 2.15. The van der Waals surface area contributed by atoms with Crippen LogP contribution >= 0.6 is 12.4 Å². The van der Waals surface area contributed by atoms with Crippen LogP contribution in [0.5, 0.6) is 5.75 Å². The summed E-state index contributed by atoms with van der Waals surface area (Å²) in [5.41, 5.74) is 2.72. The molecule has 0 bridgehead atoms. The summed E-state index contributed by atoms with van der Waals surface area (Å²) < 4.78 is 10.9. The summed E-state index contributed by atoms with van der Waals surface area (Å²) in [7, 11) is 1.59. The Labute approximate surface area is 159 Å². The number of urea groups is 1. The SMILES string of the molecule is COc1ccc(-c2ccccc2)cc1NC(=O)NCC1CNCCO1.Cl. The summed E-state index contributed by atoms with van der Waals surface area (Å²) in [6, 6.07) is 15.4. The number of halogens is 1. The van der Waals surface area contributed by atoms with E-state index < -0.39 is 0 Å². The Morgan fingerprint density at radius 1 is 1.23 bits per heavy atom. The van der Waals surface area contributed by atoms with E-state index in [0.29, 0.717) is 24.6 Å². The lowest BCUT2D eigenvalue weighted by Crippen LogP contribution is -2.46. The van der Waals surface area contributed by atoms with E-state index in [9.17, 15) is 4.79 Å². The van der Waals surface area contributed by atoms with Gasteiger partial charge in [0.15, 0.2) is 0 Å². The number of morpholine rings is 1. The Morgan fingerprint density at radius 3 is 2.73 bits per heavy atom. The van der Waals surface area contributed by atoms with Crippen molar-refractivity contribution in [2.75, 3.05) is 38.7 Å². The van der Waals surface area contributed by atoms with Crippen LogP contribution in [0.2, 0.25) is 0 Å². The molecule has 0 radical (unpaired) electrons. The summed E-state index contributed by atoms with van der Waals surface area (Å²) in [5.74, 6) is 0.616. The minimum Gasteiger partial charge on any atom is -0.495 e. The molecule has 0 aliphatic carbocycles. The Morgan fingerprint density at radius 2 is 2.04 bits per heavy atom. The van der Waals surface area contributed by atoms with E-state index in [-0.39, 0.29) is 24.5 Å². The third kappa shape index (κ3) is 5.36. The molecule has 7 heteroatoms. The van der Waals surface area contributed by atoms with Crippen molar-refractivity contribution >= 4 is 24.1 Å². The number of benzene rings is 2. The summed E-state index contributed by atoms with van der Waals surface area (Å²) in [6.07, 6.45) is -0.00273. The summed E-state index contributed by atoms with van der Waals surface area (Å²) in [4.78, 5) is 12.2. The van der Waals surface area contributed by atoms with E-state index in [1.54, 1.807) is 7.11 Å². The molecule has 140 valence electrons. The lowest BCUT2D eigenvalue weighted by atomic mass is 10.0. The number of carbonyl (C=O) groups is 1. The van der Waals surface area contributed by atoms with Gasteiger partial charge in [-0.15, -0.1) is 12.4 Å². The van der Waals surface area contributed by atoms with Crippen molar-refractivity contribution in [3.05, 3.63) is 48.5 Å². The number of carbonyl (C=O) groups excluding carboxylic acids is 1. The van der Waals surface area contributed by atoms with E-state index in [2.05, 4.69) is 16.0 Å². The fraction of sp³-hybridized carbons (Fsp3) is 0.316. The average molecular weight is 378 g/mol. The van der Waals surface area contributed by atoms with E-state index in [1.807, 2.05) is 48.5 Å². The molecule has 1 aliphatic rings. The maximum atomic E-state index is 12.2. The quantitative estimate of drug-likeness (QED) is 0.749. The summed E-state index contributed by atoms with van der Waals surface area (Å²) >= 11 is 0. The van der Waals surface area contributed by atoms with Crippen LogP contribution in [0.4, 0.5) is 10.5 Å². The van der Waals surface area contributed by atoms with Gasteiger partial charge in [-0.3, -0.25) is 0 Å². The average Bonchev–Trinajstić information content (AvgIpc) is 2.68. The molecule has 1 unspecified atom stereocenters. The van der Waals surface area contributed by atoms with Crippen molar-refractivity contribution in [2.45, 2.75) is 6.10 Å². The van der Waals surface area contributed by atoms with Crippen molar-refractivity contribution in [2.24, 2.45) is 0 Å². The van der Waals surface area contributed by atoms with Gasteiger partial charge in [-0.25, -0.2) is 4.79 Å². The van der Waals surface area contributed by atoms with Crippen LogP contribution in [0.3, 0.4) is 0 Å². The number of rotatable bonds is 5. The van der Waals surface area contributed by atoms with Crippen LogP contribution in [0.1, 0.15) is 0 Å². The molecule has 1 fully saturated rings. The topological polar surface area (TPSA) is 71.6 Å². The van der Waals surface area contributed by atoms with Crippen molar-refractivity contribution < 1.29 is 14.3 Å². The zero-order valence-electron chi connectivity index (χ0n) is 14.7. The molecule has 3 N–H and O–H groups in total. The molecule has 1 saturated heterocycles. The second kappa shape index (κ2) is 10.0. The van der Waals surface area contributed by atoms with Gasteiger partial charge in [-0.1, -0.05) is 36.4 Å². The summed E-state index contributed by atoms with van der Waals surface area (Å²) in [5, 5.41) is 8.94. The minimum absolute atomic E-state index is 0. The fourth-order valence-electron chi connectivity index (χ4n) is 2.74. The highest BCUT2D eigenvalue weighted by atomic mass is 35.5. The number of methoxy groups -OCH3 is 1. The second-order valence-electron chi connectivity index (χ2n) is 5.81. The van der Waals surface area contributed by atoms with Crippen molar-refractivity contribution in [1.29, 1.82) is 0 Å². The van der Waals surface area contributed by atoms with Crippen LogP contribution in [0.25, 0.3) is 11.1 Å². The van der Waals surface area contributed by atoms with Crippen LogP contribution < -0.4 is 20.7 Å². The number of hydrogen-bond acceptors (Lipinski definition) is 4. The predicted octanol–water partition coefficient (Wildman–Crippen LogP) is 2.89. The first-order chi connectivity index (χ1) is 12.3. The van der Waals surface area contributed by atoms with Gasteiger partial charge in [-0.05, 0) is 23.3 Å². The minimum atomic E-state index is -0.280. The zero-order valence-corrected chi connectivity index (χ0v) is 15.5. The Hall–Kier alpha value is -2.28. The molecular formula is C19H24ClN3O3. The molecule has 1 heterocycles. The molecule has 1 atom stereocenters. The van der Waals surface area contributed by atoms with Gasteiger partial charge in [-0.2, -0.15) is 0 Å². The van der Waals surface area contributed by atoms with E-state index in [1.165, 1.54) is 0 Å². The Bertz CT molecular complexity index is 706. The van der Waals surface area contributed by atoms with Crippen LogP contribution in [-0.4, -0.2) is 45.5 Å². The normalized spacial score (nSPS) is 16.3. The highest BCUT2D eigenvalue weighted by Crippen LogP contribution is 2.30. The molecule has 2 aromatic rings. The third-order valence-corrected chi connectivity index (χ3v) is 4.05. The van der Waals surface area contributed by atoms with E-state index >= 15 is 0 Å². The molecule has 0 aromatic heterocycles. The van der Waals surface area contributed by atoms with Gasteiger partial charge >= 0.3 is 6.03 Å². The van der Waals surface area contributed by atoms with Gasteiger partial charge in [0.05, 0.1) is 25.5 Å². The summed E-state index contributed by atoms with van der Waals surface area (Å²) in [6.45, 7) is 2.72. The molecule has 6 nitrogen and oxygen atoms in total. The number of amides is 2. The molecule has 2 amide bonds. The number of nitrogens with one attached hydrogen (secondary N) is 3. The standard InChI is InChI=1S/C19H23N3O3.ClH/c1-24-18-8-7-15(14-5-3-2-4-6-14)11-17(18)22-19(23)21-13-16-12-20-9-10-25-16;/h2-8,11,16,20H,9-10,12-13H2,1H3,(H2,21,22,23);1H. The van der Waals surface area contributed by atoms with Crippen molar-refractivity contribution in [3.63, 3.8) is 0 Å². The third-order valence-electron chi connectivity index (χ3n) is 4.05. The molecule has 2 aromatic carbocycles. The largest absolute Gasteiger partial charge is 0.495 e. The van der Waals surface area contributed by atoms with Gasteiger partial charge in [0.1, 0.15) is 5.75 Å². The lowest BCUT2D eigenvalue weighted by Gasteiger charge is -2.23. The van der Waals surface area contributed by atoms with Crippen LogP contribution in [0.15, 0.2) is 48.5 Å². The van der Waals surface area contributed by atoms with Gasteiger partial charge in [0, 0.05) is 19.6 Å². The second-order valence-corrected chi connectivity index (χ2v) is 5.81. The van der Waals surface area contributed by atoms with Crippen molar-refractivity contribution in [3.8, 4) is 16.9 Å². The first kappa shape index (κ1) is 20.0. The Balaban J connectivity index is 0.00000243. The van der Waals surface area contributed by atoms with Crippen molar-refractivity contribution in [1.82, 2.24) is 10.6 Å². The molecule has 26 heavy (non-hydrogen) atoms. The van der Waals surface area contributed by atoms with Gasteiger partial charge in [0.25, 0.3) is 0 Å². The lowest BCUT2D eigenvalue weighted by molar-refractivity contribution is 0.0310. The smallest absolute Gasteiger partial charge is 0.319 e. The maximum Gasteiger partial charge on any atom is 0.319 e. The van der Waals surface area contributed by atoms with Gasteiger partial charge in [0.2, 0.25) is 0 Å². The maximum absolute atomic E-state index is 12.2. The zero-order chi connectivity index (χ0) is 17.5. The number of hydrogen-bond donors (Lipinski definition) is 3. The van der Waals surface area contributed by atoms with E-state index in [4.69, 9.17) is 9.47 Å². The molecule has 0 spiro atoms. The van der Waals surface area contributed by atoms with E-state index in [0.717, 1.165) is 24.2 Å². The predicted molar refractivity (Wildman–Crippen MR) is 105 cm³/mol. The molecular weight excluding hydrogens is 354 g/mol. The number of anilines is 1. The van der Waals surface area contributed by atoms with Crippen LogP contribution in [0, 0.1) is 0 Å². The van der Waals surface area contributed by atoms with Crippen LogP contribution in [-0.2, 0) is 4.74 Å². The molecule has 3 rings (SSSR count). The number of ether oxygens (including phenoxy) is 2. The Kier molecular flexibility index (Phi) is 7.72. The highest BCUT2D eigenvalue weighted by molar-refractivity contribution is 5.92. The van der Waals surface area contributed by atoms with Gasteiger partial charge < -0.3 is 25.4 Å². The molecule has 1 aliphatic heterocycles. The molecule has 0 saturated carbocycles.